The van der Waals surface area contributed by atoms with Crippen molar-refractivity contribution in [2.75, 3.05) is 7.11 Å². The van der Waals surface area contributed by atoms with Crippen LogP contribution in [0.15, 0.2) is 30.3 Å². The molecule has 0 aromatic heterocycles. The Morgan fingerprint density at radius 2 is 0.825 bits per heavy atom. The van der Waals surface area contributed by atoms with E-state index in [9.17, 15) is 35.1 Å². The van der Waals surface area contributed by atoms with Crippen molar-refractivity contribution < 1.29 is 57.4 Å². The highest BCUT2D eigenvalue weighted by molar-refractivity contribution is 6.22. The summed E-state index contributed by atoms with van der Waals surface area (Å²) in [5, 5.41) is -4.38. The summed E-state index contributed by atoms with van der Waals surface area (Å²) in [4.78, 5) is 0. The molecular weight excluding hydrogens is 568 g/mol. The van der Waals surface area contributed by atoms with Crippen LogP contribution >= 0.6 is 0 Å². The summed E-state index contributed by atoms with van der Waals surface area (Å²) < 4.78 is 181. The smallest absolute Gasteiger partial charge is 0.204 e. The van der Waals surface area contributed by atoms with Gasteiger partial charge in [0, 0.05) is 21.9 Å². The van der Waals surface area contributed by atoms with Crippen LogP contribution in [0.25, 0.3) is 43.8 Å². The van der Waals surface area contributed by atoms with Gasteiger partial charge in [-0.05, 0) is 35.0 Å². The number of methoxy groups -OCH3 is 1. The number of halogens is 12. The van der Waals surface area contributed by atoms with Gasteiger partial charge in [0.1, 0.15) is 17.5 Å². The van der Waals surface area contributed by atoms with Crippen molar-refractivity contribution in [3.8, 4) is 28.0 Å². The second-order valence-electron chi connectivity index (χ2n) is 8.33. The fourth-order valence-corrected chi connectivity index (χ4v) is 4.61. The van der Waals surface area contributed by atoms with Crippen molar-refractivity contribution in [1.82, 2.24) is 0 Å². The third kappa shape index (κ3) is 3.59. The molecule has 0 aliphatic carbocycles. The molecule has 0 aliphatic rings. The lowest BCUT2D eigenvalue weighted by atomic mass is 9.84. The van der Waals surface area contributed by atoms with Crippen molar-refractivity contribution >= 4 is 21.5 Å². The van der Waals surface area contributed by atoms with Gasteiger partial charge in [0.2, 0.25) is 17.5 Å². The first-order chi connectivity index (χ1) is 18.8. The van der Waals surface area contributed by atoms with Gasteiger partial charge in [0.05, 0.1) is 18.2 Å². The molecule has 206 valence electrons. The van der Waals surface area contributed by atoms with E-state index in [1.165, 1.54) is 0 Å². The summed E-state index contributed by atoms with van der Waals surface area (Å²) in [5.74, 6) is -27.3. The minimum absolute atomic E-state index is 0.337. The highest BCUT2D eigenvalue weighted by Gasteiger charge is 2.34. The van der Waals surface area contributed by atoms with E-state index in [1.54, 1.807) is 0 Å². The first-order valence-electron chi connectivity index (χ1n) is 10.8. The SMILES string of the molecule is COc1c(F)c(F)c(-c2c3ccc(F)cc3c(-c3c(F)c(F)c(F)c(F)c3F)c3c(F)ccc(F)c23)c(F)c1F. The Bertz CT molecular complexity index is 1860. The zero-order chi connectivity index (χ0) is 29.4. The third-order valence-corrected chi connectivity index (χ3v) is 6.26. The molecule has 5 rings (SSSR count). The van der Waals surface area contributed by atoms with Crippen molar-refractivity contribution in [3.63, 3.8) is 0 Å². The highest BCUT2D eigenvalue weighted by atomic mass is 19.2. The number of rotatable bonds is 3. The van der Waals surface area contributed by atoms with Gasteiger partial charge in [-0.15, -0.1) is 0 Å². The molecule has 1 nitrogen and oxygen atoms in total. The minimum atomic E-state index is -2.60. The van der Waals surface area contributed by atoms with Crippen LogP contribution in [0.1, 0.15) is 0 Å². The Kier molecular flexibility index (Phi) is 6.35. The van der Waals surface area contributed by atoms with Gasteiger partial charge >= 0.3 is 0 Å². The number of hydrogen-bond donors (Lipinski definition) is 0. The molecule has 0 amide bonds. The van der Waals surface area contributed by atoms with E-state index in [1.807, 2.05) is 0 Å². The summed E-state index contributed by atoms with van der Waals surface area (Å²) in [5.41, 5.74) is -5.95. The number of hydrogen-bond acceptors (Lipinski definition) is 1. The summed E-state index contributed by atoms with van der Waals surface area (Å²) in [6.45, 7) is 0. The number of benzene rings is 5. The van der Waals surface area contributed by atoms with Gasteiger partial charge in [-0.2, -0.15) is 8.78 Å². The lowest BCUT2D eigenvalue weighted by Crippen LogP contribution is -2.07. The van der Waals surface area contributed by atoms with Crippen molar-refractivity contribution in [2.45, 2.75) is 0 Å². The lowest BCUT2D eigenvalue weighted by Gasteiger charge is -2.21. The molecule has 0 N–H and O–H groups in total. The monoisotopic (exact) mass is 576 g/mol. The quantitative estimate of drug-likeness (QED) is 0.0902. The second kappa shape index (κ2) is 9.35. The van der Waals surface area contributed by atoms with Crippen LogP contribution < -0.4 is 4.74 Å². The fourth-order valence-electron chi connectivity index (χ4n) is 4.61. The van der Waals surface area contributed by atoms with Gasteiger partial charge in [0.25, 0.3) is 0 Å². The molecule has 0 radical (unpaired) electrons. The first kappa shape index (κ1) is 27.2. The minimum Gasteiger partial charge on any atom is -0.491 e. The van der Waals surface area contributed by atoms with E-state index < -0.39 is 119 Å². The maximum absolute atomic E-state index is 15.4. The van der Waals surface area contributed by atoms with Crippen molar-refractivity contribution in [3.05, 3.63) is 100 Å². The molecule has 0 unspecified atom stereocenters. The van der Waals surface area contributed by atoms with Gasteiger partial charge < -0.3 is 4.74 Å². The third-order valence-electron chi connectivity index (χ3n) is 6.26. The Hall–Kier alpha value is -4.42. The van der Waals surface area contributed by atoms with Gasteiger partial charge in [-0.3, -0.25) is 0 Å². The molecule has 0 heterocycles. The zero-order valence-electron chi connectivity index (χ0n) is 19.3. The van der Waals surface area contributed by atoms with Gasteiger partial charge in [-0.1, -0.05) is 6.07 Å². The molecule has 13 heteroatoms. The fraction of sp³-hybridized carbons (Fsp3) is 0.0370. The van der Waals surface area contributed by atoms with E-state index in [0.29, 0.717) is 37.4 Å². The zero-order valence-corrected chi connectivity index (χ0v) is 19.3. The Morgan fingerprint density at radius 3 is 1.27 bits per heavy atom. The van der Waals surface area contributed by atoms with Gasteiger partial charge in [0.15, 0.2) is 40.7 Å². The van der Waals surface area contributed by atoms with Crippen LogP contribution in [0.5, 0.6) is 5.75 Å². The molecule has 0 saturated heterocycles. The summed E-state index contributed by atoms with van der Waals surface area (Å²) in [7, 11) is 0.668. The topological polar surface area (TPSA) is 9.23 Å². The molecule has 0 spiro atoms. The van der Waals surface area contributed by atoms with E-state index >= 15 is 17.6 Å². The largest absolute Gasteiger partial charge is 0.491 e. The van der Waals surface area contributed by atoms with Crippen LogP contribution in [0, 0.1) is 69.8 Å². The van der Waals surface area contributed by atoms with Crippen LogP contribution in [0.4, 0.5) is 52.7 Å². The molecule has 5 aromatic rings. The average molecular weight is 576 g/mol. The maximum Gasteiger partial charge on any atom is 0.204 e. The van der Waals surface area contributed by atoms with Gasteiger partial charge in [-0.25, -0.2) is 43.9 Å². The summed E-state index contributed by atoms with van der Waals surface area (Å²) in [6.07, 6.45) is 0. The number of ether oxygens (including phenoxy) is 1. The van der Waals surface area contributed by atoms with E-state index in [-0.39, 0.29) is 0 Å². The van der Waals surface area contributed by atoms with Crippen LogP contribution in [-0.4, -0.2) is 7.11 Å². The maximum atomic E-state index is 15.4. The molecule has 0 bridgehead atoms. The Balaban J connectivity index is 2.17. The molecule has 40 heavy (non-hydrogen) atoms. The highest BCUT2D eigenvalue weighted by Crippen LogP contribution is 2.49. The van der Waals surface area contributed by atoms with Crippen LogP contribution in [-0.2, 0) is 0 Å². The van der Waals surface area contributed by atoms with Crippen LogP contribution in [0.2, 0.25) is 0 Å². The van der Waals surface area contributed by atoms with E-state index in [2.05, 4.69) is 4.74 Å². The Labute approximate surface area is 214 Å². The van der Waals surface area contributed by atoms with Crippen molar-refractivity contribution in [2.24, 2.45) is 0 Å². The lowest BCUT2D eigenvalue weighted by molar-refractivity contribution is 0.334. The van der Waals surface area contributed by atoms with E-state index in [0.717, 1.165) is 0 Å². The molecule has 0 atom stereocenters. The van der Waals surface area contributed by atoms with E-state index in [4.69, 9.17) is 0 Å². The van der Waals surface area contributed by atoms with Crippen molar-refractivity contribution in [1.29, 1.82) is 0 Å². The number of fused-ring (bicyclic) bond motifs is 2. The summed E-state index contributed by atoms with van der Waals surface area (Å²) >= 11 is 0. The predicted octanol–water partition coefficient (Wildman–Crippen LogP) is 9.00. The molecule has 0 aliphatic heterocycles. The molecule has 0 fully saturated rings. The van der Waals surface area contributed by atoms with Crippen LogP contribution in [0.3, 0.4) is 0 Å². The molecule has 0 saturated carbocycles. The first-order valence-corrected chi connectivity index (χ1v) is 10.8. The summed E-state index contributed by atoms with van der Waals surface area (Å²) in [6, 6.07) is 2.26. The normalized spacial score (nSPS) is 11.6. The standard InChI is InChI=1S/C27H8F12O/c1-40-27-25(38)20(33)16(21(34)26(27)39)12-8-3-2-7(28)6-9(8)13(15-11(30)5-4-10(29)14(12)15)17-18(31)22(35)24(37)23(36)19(17)32/h2-6H,1H3. The molecule has 5 aromatic carbocycles. The second-order valence-corrected chi connectivity index (χ2v) is 8.33. The molecular formula is C27H8F12O. The average Bonchev–Trinajstić information content (AvgIpc) is 2.92. The predicted molar refractivity (Wildman–Crippen MR) is 118 cm³/mol. The Morgan fingerprint density at radius 1 is 0.425 bits per heavy atom.